The van der Waals surface area contributed by atoms with Gasteiger partial charge in [0.1, 0.15) is 5.75 Å². The number of nitrogens with zero attached hydrogens (tertiary/aromatic N) is 1. The molecule has 2 bridgehead atoms. The van der Waals surface area contributed by atoms with Crippen LogP contribution in [0, 0.1) is 11.8 Å². The van der Waals surface area contributed by atoms with Gasteiger partial charge in [0.05, 0.1) is 36.2 Å². The van der Waals surface area contributed by atoms with Gasteiger partial charge in [-0.25, -0.2) is 4.90 Å². The van der Waals surface area contributed by atoms with Gasteiger partial charge in [-0.3, -0.25) is 9.59 Å². The normalized spacial score (nSPS) is 27.2. The van der Waals surface area contributed by atoms with Crippen molar-refractivity contribution in [2.75, 3.05) is 18.1 Å². The van der Waals surface area contributed by atoms with Crippen LogP contribution < -0.4 is 9.64 Å². The maximum Gasteiger partial charge on any atom is 0.239 e. The summed E-state index contributed by atoms with van der Waals surface area (Å²) in [5, 5.41) is 10.9. The number of carbonyl (C=O) groups excluding carboxylic acids is 2. The van der Waals surface area contributed by atoms with Crippen molar-refractivity contribution < 1.29 is 19.4 Å². The van der Waals surface area contributed by atoms with Gasteiger partial charge in [-0.2, -0.15) is 0 Å². The van der Waals surface area contributed by atoms with E-state index in [4.69, 9.17) is 4.74 Å². The molecule has 3 aromatic carbocycles. The third kappa shape index (κ3) is 2.21. The van der Waals surface area contributed by atoms with Crippen LogP contribution in [0.15, 0.2) is 72.8 Å². The number of benzene rings is 3. The summed E-state index contributed by atoms with van der Waals surface area (Å²) in [6.07, 6.45) is 0. The molecule has 0 radical (unpaired) electrons. The minimum Gasteiger partial charge on any atom is -0.494 e. The SMILES string of the molecule is CCOc1ccc(N2C(=O)[C@@H]3C4c5ccccc5C(CO)(c5ccccc54)[C@@H]3C2=O)cc1. The zero-order valence-electron chi connectivity index (χ0n) is 17.7. The van der Waals surface area contributed by atoms with Crippen molar-refractivity contribution in [2.24, 2.45) is 11.8 Å². The van der Waals surface area contributed by atoms with Gasteiger partial charge in [0.2, 0.25) is 11.8 Å². The standard InChI is InChI=1S/C27H23NO4/c1-2-32-17-13-11-16(12-14-17)28-25(30)23-22-18-7-3-5-9-20(18)27(15-29,24(23)26(28)31)21-10-6-4-8-19(21)22/h3-14,22-24,29H,2,15H2,1H3/t22?,23-,24+,27?/m1/s1. The second-order valence-electron chi connectivity index (χ2n) is 8.72. The molecule has 1 saturated heterocycles. The van der Waals surface area contributed by atoms with Crippen LogP contribution in [-0.2, 0) is 15.0 Å². The summed E-state index contributed by atoms with van der Waals surface area (Å²) < 4.78 is 5.51. The molecule has 1 heterocycles. The Labute approximate surface area is 186 Å². The molecule has 1 N–H and O–H groups in total. The first-order valence-corrected chi connectivity index (χ1v) is 11.0. The van der Waals surface area contributed by atoms with Gasteiger partial charge in [-0.1, -0.05) is 48.5 Å². The average Bonchev–Trinajstić information content (AvgIpc) is 3.11. The molecule has 1 fully saturated rings. The van der Waals surface area contributed by atoms with Gasteiger partial charge in [-0.15, -0.1) is 0 Å². The number of imide groups is 1. The number of aliphatic hydroxyl groups excluding tert-OH is 1. The lowest BCUT2D eigenvalue weighted by Crippen LogP contribution is -2.55. The minimum absolute atomic E-state index is 0.198. The zero-order valence-corrected chi connectivity index (χ0v) is 17.7. The Morgan fingerprint density at radius 2 is 1.47 bits per heavy atom. The highest BCUT2D eigenvalue weighted by atomic mass is 16.5. The lowest BCUT2D eigenvalue weighted by Gasteiger charge is -2.53. The van der Waals surface area contributed by atoms with Crippen LogP contribution in [0.25, 0.3) is 0 Å². The van der Waals surface area contributed by atoms with Gasteiger partial charge in [0.15, 0.2) is 0 Å². The highest BCUT2D eigenvalue weighted by molar-refractivity contribution is 6.23. The third-order valence-corrected chi connectivity index (χ3v) is 7.45. The van der Waals surface area contributed by atoms with Crippen LogP contribution >= 0.6 is 0 Å². The van der Waals surface area contributed by atoms with Crippen molar-refractivity contribution in [1.29, 1.82) is 0 Å². The summed E-state index contributed by atoms with van der Waals surface area (Å²) in [4.78, 5) is 29.0. The van der Waals surface area contributed by atoms with Crippen molar-refractivity contribution in [2.45, 2.75) is 18.3 Å². The van der Waals surface area contributed by atoms with Crippen molar-refractivity contribution in [3.63, 3.8) is 0 Å². The van der Waals surface area contributed by atoms with E-state index in [-0.39, 0.29) is 24.3 Å². The molecule has 0 unspecified atom stereocenters. The number of aliphatic hydroxyl groups is 1. The number of ether oxygens (including phenoxy) is 1. The number of hydrogen-bond acceptors (Lipinski definition) is 4. The lowest BCUT2D eigenvalue weighted by atomic mass is 9.47. The van der Waals surface area contributed by atoms with Crippen molar-refractivity contribution in [3.05, 3.63) is 95.1 Å². The van der Waals surface area contributed by atoms with E-state index < -0.39 is 17.3 Å². The lowest BCUT2D eigenvalue weighted by molar-refractivity contribution is -0.124. The fraction of sp³-hybridized carbons (Fsp3) is 0.259. The summed E-state index contributed by atoms with van der Waals surface area (Å²) in [6.45, 7) is 2.22. The van der Waals surface area contributed by atoms with Crippen LogP contribution in [-0.4, -0.2) is 30.1 Å². The molecule has 7 rings (SSSR count). The summed E-state index contributed by atoms with van der Waals surface area (Å²) in [5.41, 5.74) is 3.61. The summed E-state index contributed by atoms with van der Waals surface area (Å²) in [5.74, 6) is -1.12. The number of anilines is 1. The van der Waals surface area contributed by atoms with Crippen LogP contribution in [0.3, 0.4) is 0 Å². The summed E-state index contributed by atoms with van der Waals surface area (Å²) in [6, 6.07) is 23.0. The molecular formula is C27H23NO4. The molecule has 3 aromatic rings. The highest BCUT2D eigenvalue weighted by Crippen LogP contribution is 2.64. The molecule has 1 aliphatic heterocycles. The number of carbonyl (C=O) groups is 2. The molecule has 3 aliphatic carbocycles. The van der Waals surface area contributed by atoms with E-state index in [1.165, 1.54) is 4.90 Å². The molecule has 2 atom stereocenters. The average molecular weight is 425 g/mol. The van der Waals surface area contributed by atoms with E-state index in [0.717, 1.165) is 22.3 Å². The van der Waals surface area contributed by atoms with Gasteiger partial charge >= 0.3 is 0 Å². The van der Waals surface area contributed by atoms with E-state index in [2.05, 4.69) is 0 Å². The first-order valence-electron chi connectivity index (χ1n) is 11.0. The molecule has 5 heteroatoms. The second kappa shape index (κ2) is 6.78. The van der Waals surface area contributed by atoms with Crippen LogP contribution in [0.4, 0.5) is 5.69 Å². The molecule has 0 saturated carbocycles. The highest BCUT2D eigenvalue weighted by Gasteiger charge is 2.68. The number of hydrogen-bond donors (Lipinski definition) is 1. The van der Waals surface area contributed by atoms with Crippen molar-refractivity contribution in [3.8, 4) is 5.75 Å². The Balaban J connectivity index is 1.55. The molecule has 2 amide bonds. The van der Waals surface area contributed by atoms with Crippen molar-refractivity contribution in [1.82, 2.24) is 0 Å². The Morgan fingerprint density at radius 1 is 0.875 bits per heavy atom. The molecule has 32 heavy (non-hydrogen) atoms. The van der Waals surface area contributed by atoms with E-state index in [0.29, 0.717) is 18.0 Å². The Hall–Kier alpha value is -3.44. The third-order valence-electron chi connectivity index (χ3n) is 7.45. The quantitative estimate of drug-likeness (QED) is 0.649. The summed E-state index contributed by atoms with van der Waals surface area (Å²) in [7, 11) is 0. The van der Waals surface area contributed by atoms with Gasteiger partial charge in [0.25, 0.3) is 0 Å². The monoisotopic (exact) mass is 425 g/mol. The smallest absolute Gasteiger partial charge is 0.239 e. The molecule has 5 nitrogen and oxygen atoms in total. The second-order valence-corrected chi connectivity index (χ2v) is 8.72. The molecule has 0 spiro atoms. The Bertz CT molecular complexity index is 1200. The van der Waals surface area contributed by atoms with Gasteiger partial charge in [-0.05, 0) is 53.4 Å². The topological polar surface area (TPSA) is 66.8 Å². The van der Waals surface area contributed by atoms with E-state index in [1.807, 2.05) is 55.5 Å². The largest absolute Gasteiger partial charge is 0.494 e. The predicted octanol–water partition coefficient (Wildman–Crippen LogP) is 3.63. The maximum absolute atomic E-state index is 13.9. The predicted molar refractivity (Wildman–Crippen MR) is 120 cm³/mol. The van der Waals surface area contributed by atoms with Crippen LogP contribution in [0.5, 0.6) is 5.75 Å². The fourth-order valence-corrected chi connectivity index (χ4v) is 6.31. The van der Waals surface area contributed by atoms with E-state index in [1.54, 1.807) is 24.3 Å². The van der Waals surface area contributed by atoms with E-state index >= 15 is 0 Å². The van der Waals surface area contributed by atoms with E-state index in [9.17, 15) is 14.7 Å². The minimum atomic E-state index is -0.931. The molecule has 0 aromatic heterocycles. The molecular weight excluding hydrogens is 402 g/mol. The molecule has 160 valence electrons. The maximum atomic E-state index is 13.9. The fourth-order valence-electron chi connectivity index (χ4n) is 6.31. The van der Waals surface area contributed by atoms with Crippen LogP contribution in [0.2, 0.25) is 0 Å². The zero-order chi connectivity index (χ0) is 22.0. The van der Waals surface area contributed by atoms with Crippen molar-refractivity contribution >= 4 is 17.5 Å². The van der Waals surface area contributed by atoms with Crippen LogP contribution in [0.1, 0.15) is 35.1 Å². The number of rotatable bonds is 4. The first-order chi connectivity index (χ1) is 15.6. The summed E-state index contributed by atoms with van der Waals surface area (Å²) >= 11 is 0. The molecule has 4 aliphatic rings. The first kappa shape index (κ1) is 19.3. The van der Waals surface area contributed by atoms with Gasteiger partial charge < -0.3 is 9.84 Å². The number of amides is 2. The Morgan fingerprint density at radius 3 is 2.03 bits per heavy atom. The Kier molecular flexibility index (Phi) is 4.08. The van der Waals surface area contributed by atoms with Gasteiger partial charge in [0, 0.05) is 5.92 Å².